The summed E-state index contributed by atoms with van der Waals surface area (Å²) in [5.41, 5.74) is 5.78. The molecule has 5 heteroatoms. The highest BCUT2D eigenvalue weighted by atomic mass is 16.4. The molecule has 130 valence electrons. The summed E-state index contributed by atoms with van der Waals surface area (Å²) in [6.45, 7) is 2.05. The van der Waals surface area contributed by atoms with E-state index in [1.54, 1.807) is 0 Å². The van der Waals surface area contributed by atoms with E-state index in [0.29, 0.717) is 11.8 Å². The fraction of sp³-hybridized carbons (Fsp3) is 0.0455. The number of aryl methyl sites for hydroxylation is 1. The number of aromatic amines is 1. The first kappa shape index (κ1) is 15.5. The lowest BCUT2D eigenvalue weighted by molar-refractivity contribution is 0.584. The van der Waals surface area contributed by atoms with Crippen molar-refractivity contribution in [2.24, 2.45) is 0 Å². The SMILES string of the molecule is Cc1ccc(-c2nnc(-c3ccccc3-c3nc4ccccc4[nH]3)o2)cc1. The number of H-pyrrole nitrogens is 1. The Balaban J connectivity index is 1.59. The van der Waals surface area contributed by atoms with E-state index in [-0.39, 0.29) is 0 Å². The number of fused-ring (bicyclic) bond motifs is 1. The Kier molecular flexibility index (Phi) is 3.57. The molecule has 0 aliphatic carbocycles. The highest BCUT2D eigenvalue weighted by molar-refractivity contribution is 5.83. The van der Waals surface area contributed by atoms with Crippen molar-refractivity contribution >= 4 is 11.0 Å². The van der Waals surface area contributed by atoms with Crippen LogP contribution in [-0.2, 0) is 0 Å². The largest absolute Gasteiger partial charge is 0.416 e. The second-order valence-electron chi connectivity index (χ2n) is 6.43. The third kappa shape index (κ3) is 2.79. The van der Waals surface area contributed by atoms with Crippen LogP contribution in [-0.4, -0.2) is 20.2 Å². The van der Waals surface area contributed by atoms with E-state index >= 15 is 0 Å². The zero-order chi connectivity index (χ0) is 18.2. The quantitative estimate of drug-likeness (QED) is 0.481. The van der Waals surface area contributed by atoms with E-state index < -0.39 is 0 Å². The number of rotatable bonds is 3. The molecular weight excluding hydrogens is 336 g/mol. The topological polar surface area (TPSA) is 67.6 Å². The summed E-state index contributed by atoms with van der Waals surface area (Å²) in [5, 5.41) is 8.49. The Morgan fingerprint density at radius 1 is 0.741 bits per heavy atom. The van der Waals surface area contributed by atoms with Crippen LogP contribution in [0.5, 0.6) is 0 Å². The number of aromatic nitrogens is 4. The molecule has 2 aromatic heterocycles. The molecule has 0 saturated carbocycles. The normalized spacial score (nSPS) is 11.1. The van der Waals surface area contributed by atoms with Gasteiger partial charge in [-0.05, 0) is 37.3 Å². The van der Waals surface area contributed by atoms with Gasteiger partial charge in [-0.2, -0.15) is 0 Å². The number of hydrogen-bond acceptors (Lipinski definition) is 4. The Morgan fingerprint density at radius 3 is 2.26 bits per heavy atom. The van der Waals surface area contributed by atoms with Gasteiger partial charge in [0.1, 0.15) is 5.82 Å². The first-order valence-corrected chi connectivity index (χ1v) is 8.73. The number of para-hydroxylation sites is 2. The van der Waals surface area contributed by atoms with Gasteiger partial charge in [-0.3, -0.25) is 0 Å². The van der Waals surface area contributed by atoms with Gasteiger partial charge in [0.05, 0.1) is 11.0 Å². The van der Waals surface area contributed by atoms with Gasteiger partial charge in [-0.25, -0.2) is 4.98 Å². The molecule has 0 atom stereocenters. The van der Waals surface area contributed by atoms with Crippen LogP contribution in [0.2, 0.25) is 0 Å². The van der Waals surface area contributed by atoms with Crippen molar-refractivity contribution in [3.63, 3.8) is 0 Å². The summed E-state index contributed by atoms with van der Waals surface area (Å²) in [5.74, 6) is 1.76. The maximum absolute atomic E-state index is 5.97. The molecule has 0 amide bonds. The van der Waals surface area contributed by atoms with Gasteiger partial charge in [-0.15, -0.1) is 10.2 Å². The molecule has 5 rings (SSSR count). The molecule has 0 aliphatic heterocycles. The zero-order valence-electron chi connectivity index (χ0n) is 14.7. The molecule has 1 N–H and O–H groups in total. The first-order valence-electron chi connectivity index (χ1n) is 8.73. The van der Waals surface area contributed by atoms with Crippen molar-refractivity contribution in [1.29, 1.82) is 0 Å². The van der Waals surface area contributed by atoms with Crippen LogP contribution in [0.15, 0.2) is 77.2 Å². The van der Waals surface area contributed by atoms with E-state index in [2.05, 4.69) is 15.2 Å². The molecule has 5 aromatic rings. The van der Waals surface area contributed by atoms with E-state index in [0.717, 1.165) is 33.5 Å². The molecule has 27 heavy (non-hydrogen) atoms. The molecule has 0 saturated heterocycles. The molecule has 0 fully saturated rings. The van der Waals surface area contributed by atoms with Crippen LogP contribution >= 0.6 is 0 Å². The highest BCUT2D eigenvalue weighted by Crippen LogP contribution is 2.32. The standard InChI is InChI=1S/C22H16N4O/c1-14-10-12-15(13-11-14)21-25-26-22(27-21)17-7-3-2-6-16(17)20-23-18-8-4-5-9-19(18)24-20/h2-13H,1H3,(H,23,24). The van der Waals surface area contributed by atoms with Crippen LogP contribution < -0.4 is 0 Å². The van der Waals surface area contributed by atoms with Crippen LogP contribution in [0.1, 0.15) is 5.56 Å². The smallest absolute Gasteiger partial charge is 0.248 e. The monoisotopic (exact) mass is 352 g/mol. The summed E-state index contributed by atoms with van der Waals surface area (Å²) in [4.78, 5) is 8.06. The number of hydrogen-bond donors (Lipinski definition) is 1. The highest BCUT2D eigenvalue weighted by Gasteiger charge is 2.16. The van der Waals surface area contributed by atoms with Crippen LogP contribution in [0, 0.1) is 6.92 Å². The van der Waals surface area contributed by atoms with Crippen molar-refractivity contribution in [3.05, 3.63) is 78.4 Å². The molecule has 0 aliphatic rings. The second-order valence-corrected chi connectivity index (χ2v) is 6.43. The average Bonchev–Trinajstić information content (AvgIpc) is 3.36. The third-order valence-corrected chi connectivity index (χ3v) is 4.53. The number of imidazole rings is 1. The summed E-state index contributed by atoms with van der Waals surface area (Å²) >= 11 is 0. The Hall–Kier alpha value is -3.73. The van der Waals surface area contributed by atoms with Gasteiger partial charge >= 0.3 is 0 Å². The molecule has 0 bridgehead atoms. The van der Waals surface area contributed by atoms with Crippen molar-refractivity contribution in [2.75, 3.05) is 0 Å². The van der Waals surface area contributed by atoms with Crippen LogP contribution in [0.25, 0.3) is 45.3 Å². The lowest BCUT2D eigenvalue weighted by Crippen LogP contribution is -1.87. The summed E-state index contributed by atoms with van der Waals surface area (Å²) in [6, 6.07) is 23.9. The van der Waals surface area contributed by atoms with E-state index in [4.69, 9.17) is 9.40 Å². The van der Waals surface area contributed by atoms with E-state index in [1.807, 2.05) is 79.7 Å². The minimum Gasteiger partial charge on any atom is -0.416 e. The summed E-state index contributed by atoms with van der Waals surface area (Å²) in [7, 11) is 0. The fourth-order valence-corrected chi connectivity index (χ4v) is 3.10. The molecular formula is C22H16N4O. The number of nitrogens with zero attached hydrogens (tertiary/aromatic N) is 3. The lowest BCUT2D eigenvalue weighted by Gasteiger charge is -2.03. The van der Waals surface area contributed by atoms with E-state index in [9.17, 15) is 0 Å². The predicted molar refractivity (Wildman–Crippen MR) is 105 cm³/mol. The summed E-state index contributed by atoms with van der Waals surface area (Å²) in [6.07, 6.45) is 0. The van der Waals surface area contributed by atoms with E-state index in [1.165, 1.54) is 5.56 Å². The first-order chi connectivity index (χ1) is 13.3. The number of nitrogens with one attached hydrogen (secondary N) is 1. The molecule has 0 radical (unpaired) electrons. The zero-order valence-corrected chi connectivity index (χ0v) is 14.7. The minimum absolute atomic E-state index is 0.474. The number of benzene rings is 3. The van der Waals surface area contributed by atoms with Gasteiger partial charge < -0.3 is 9.40 Å². The predicted octanol–water partition coefficient (Wildman–Crippen LogP) is 5.26. The third-order valence-electron chi connectivity index (χ3n) is 4.53. The van der Waals surface area contributed by atoms with Gasteiger partial charge in [0, 0.05) is 16.7 Å². The van der Waals surface area contributed by atoms with Crippen molar-refractivity contribution in [2.45, 2.75) is 6.92 Å². The second kappa shape index (κ2) is 6.21. The molecule has 5 nitrogen and oxygen atoms in total. The van der Waals surface area contributed by atoms with Crippen LogP contribution in [0.3, 0.4) is 0 Å². The average molecular weight is 352 g/mol. The lowest BCUT2D eigenvalue weighted by atomic mass is 10.1. The van der Waals surface area contributed by atoms with Gasteiger partial charge in [0.25, 0.3) is 0 Å². The van der Waals surface area contributed by atoms with Crippen molar-refractivity contribution in [1.82, 2.24) is 20.2 Å². The maximum Gasteiger partial charge on any atom is 0.248 e. The van der Waals surface area contributed by atoms with Gasteiger partial charge in [0.15, 0.2) is 0 Å². The molecule has 0 spiro atoms. The fourth-order valence-electron chi connectivity index (χ4n) is 3.10. The van der Waals surface area contributed by atoms with Gasteiger partial charge in [-0.1, -0.05) is 48.0 Å². The van der Waals surface area contributed by atoms with Crippen molar-refractivity contribution in [3.8, 4) is 34.3 Å². The van der Waals surface area contributed by atoms with Crippen molar-refractivity contribution < 1.29 is 4.42 Å². The molecule has 3 aromatic carbocycles. The minimum atomic E-state index is 0.474. The maximum atomic E-state index is 5.97. The molecule has 2 heterocycles. The van der Waals surface area contributed by atoms with Crippen LogP contribution in [0.4, 0.5) is 0 Å². The Labute approximate surface area is 155 Å². The van der Waals surface area contributed by atoms with Gasteiger partial charge in [0.2, 0.25) is 11.8 Å². The summed E-state index contributed by atoms with van der Waals surface area (Å²) < 4.78 is 5.97. The Bertz CT molecular complexity index is 1200. The Morgan fingerprint density at radius 2 is 1.44 bits per heavy atom. The molecule has 0 unspecified atom stereocenters.